The summed E-state index contributed by atoms with van der Waals surface area (Å²) in [6.07, 6.45) is 9.47. The van der Waals surface area contributed by atoms with Gasteiger partial charge < -0.3 is 0 Å². The SMILES string of the molecule is CCc1ccc(CC(CC2CC3CCC2C3)NN)s1. The molecule has 19 heavy (non-hydrogen) atoms. The molecule has 3 heteroatoms. The zero-order chi connectivity index (χ0) is 13.2. The summed E-state index contributed by atoms with van der Waals surface area (Å²) >= 11 is 1.95. The molecule has 3 rings (SSSR count). The molecule has 0 amide bonds. The van der Waals surface area contributed by atoms with E-state index < -0.39 is 0 Å². The van der Waals surface area contributed by atoms with E-state index >= 15 is 0 Å². The van der Waals surface area contributed by atoms with Crippen molar-refractivity contribution in [2.24, 2.45) is 23.6 Å². The van der Waals surface area contributed by atoms with Crippen molar-refractivity contribution >= 4 is 11.3 Å². The summed E-state index contributed by atoms with van der Waals surface area (Å²) in [5.41, 5.74) is 3.07. The molecule has 1 aromatic heterocycles. The molecule has 0 aromatic carbocycles. The third-order valence-electron chi connectivity index (χ3n) is 5.22. The van der Waals surface area contributed by atoms with Crippen LogP contribution in [0.1, 0.15) is 48.8 Å². The van der Waals surface area contributed by atoms with E-state index in [0.717, 1.165) is 30.6 Å². The second-order valence-electron chi connectivity index (χ2n) is 6.46. The lowest BCUT2D eigenvalue weighted by atomic mass is 9.83. The monoisotopic (exact) mass is 278 g/mol. The third kappa shape index (κ3) is 3.04. The Morgan fingerprint density at radius 2 is 2.16 bits per heavy atom. The molecule has 2 nitrogen and oxygen atoms in total. The van der Waals surface area contributed by atoms with Gasteiger partial charge in [-0.1, -0.05) is 13.3 Å². The van der Waals surface area contributed by atoms with Crippen LogP contribution in [-0.4, -0.2) is 6.04 Å². The summed E-state index contributed by atoms with van der Waals surface area (Å²) in [4.78, 5) is 2.98. The van der Waals surface area contributed by atoms with Gasteiger partial charge in [0.05, 0.1) is 0 Å². The van der Waals surface area contributed by atoms with Gasteiger partial charge in [0.1, 0.15) is 0 Å². The molecule has 0 saturated heterocycles. The van der Waals surface area contributed by atoms with Crippen LogP contribution in [0.4, 0.5) is 0 Å². The van der Waals surface area contributed by atoms with E-state index in [1.54, 1.807) is 0 Å². The van der Waals surface area contributed by atoms with Gasteiger partial charge in [-0.15, -0.1) is 11.3 Å². The van der Waals surface area contributed by atoms with E-state index in [1.807, 2.05) is 11.3 Å². The fourth-order valence-electron chi connectivity index (χ4n) is 4.21. The highest BCUT2D eigenvalue weighted by Gasteiger charge is 2.39. The minimum atomic E-state index is 0.465. The van der Waals surface area contributed by atoms with Crippen molar-refractivity contribution in [1.29, 1.82) is 0 Å². The predicted octanol–water partition coefficient (Wildman–Crippen LogP) is 3.51. The number of hydrogen-bond acceptors (Lipinski definition) is 3. The van der Waals surface area contributed by atoms with E-state index in [-0.39, 0.29) is 0 Å². The summed E-state index contributed by atoms with van der Waals surface area (Å²) in [6, 6.07) is 5.02. The summed E-state index contributed by atoms with van der Waals surface area (Å²) in [5.74, 6) is 8.78. The zero-order valence-electron chi connectivity index (χ0n) is 11.9. The lowest BCUT2D eigenvalue weighted by Crippen LogP contribution is -2.38. The van der Waals surface area contributed by atoms with Gasteiger partial charge in [-0.05, 0) is 68.4 Å². The molecule has 0 aliphatic heterocycles. The van der Waals surface area contributed by atoms with Crippen LogP contribution >= 0.6 is 11.3 Å². The largest absolute Gasteiger partial charge is 0.271 e. The highest BCUT2D eigenvalue weighted by molar-refractivity contribution is 7.11. The van der Waals surface area contributed by atoms with Crippen molar-refractivity contribution in [3.05, 3.63) is 21.9 Å². The topological polar surface area (TPSA) is 38.0 Å². The molecule has 3 N–H and O–H groups in total. The maximum Gasteiger partial charge on any atom is 0.0261 e. The van der Waals surface area contributed by atoms with Crippen LogP contribution in [0.15, 0.2) is 12.1 Å². The minimum Gasteiger partial charge on any atom is -0.271 e. The Balaban J connectivity index is 1.55. The number of thiophene rings is 1. The zero-order valence-corrected chi connectivity index (χ0v) is 12.7. The third-order valence-corrected chi connectivity index (χ3v) is 6.47. The van der Waals surface area contributed by atoms with E-state index in [4.69, 9.17) is 5.84 Å². The fraction of sp³-hybridized carbons (Fsp3) is 0.750. The molecule has 1 aromatic rings. The highest BCUT2D eigenvalue weighted by Crippen LogP contribution is 2.50. The first kappa shape index (κ1) is 13.6. The van der Waals surface area contributed by atoms with Gasteiger partial charge in [-0.25, -0.2) is 0 Å². The molecule has 0 spiro atoms. The summed E-state index contributed by atoms with van der Waals surface area (Å²) in [6.45, 7) is 2.23. The van der Waals surface area contributed by atoms with Crippen molar-refractivity contribution in [3.8, 4) is 0 Å². The van der Waals surface area contributed by atoms with Gasteiger partial charge in [0.15, 0.2) is 0 Å². The highest BCUT2D eigenvalue weighted by atomic mass is 32.1. The van der Waals surface area contributed by atoms with Crippen LogP contribution in [0.5, 0.6) is 0 Å². The summed E-state index contributed by atoms with van der Waals surface area (Å²) in [5, 5.41) is 0. The molecule has 2 saturated carbocycles. The molecular formula is C16H26N2S. The summed E-state index contributed by atoms with van der Waals surface area (Å²) in [7, 11) is 0. The first-order valence-electron chi connectivity index (χ1n) is 7.82. The molecule has 0 radical (unpaired) electrons. The normalized spacial score (nSPS) is 30.9. The van der Waals surface area contributed by atoms with Gasteiger partial charge in [0, 0.05) is 15.8 Å². The molecular weight excluding hydrogens is 252 g/mol. The Kier molecular flexibility index (Phi) is 4.25. The van der Waals surface area contributed by atoms with Gasteiger partial charge in [0.2, 0.25) is 0 Å². The smallest absolute Gasteiger partial charge is 0.0261 e. The number of hydrazine groups is 1. The molecule has 2 fully saturated rings. The first-order chi connectivity index (χ1) is 9.28. The maximum absolute atomic E-state index is 5.79. The van der Waals surface area contributed by atoms with Crippen molar-refractivity contribution in [2.45, 2.75) is 57.9 Å². The Morgan fingerprint density at radius 1 is 1.32 bits per heavy atom. The second kappa shape index (κ2) is 5.94. The van der Waals surface area contributed by atoms with Crippen LogP contribution in [0, 0.1) is 17.8 Å². The van der Waals surface area contributed by atoms with Crippen LogP contribution in [0.3, 0.4) is 0 Å². The van der Waals surface area contributed by atoms with Crippen molar-refractivity contribution in [2.75, 3.05) is 0 Å². The van der Waals surface area contributed by atoms with E-state index in [0.29, 0.717) is 6.04 Å². The van der Waals surface area contributed by atoms with Gasteiger partial charge in [0.25, 0.3) is 0 Å². The first-order valence-corrected chi connectivity index (χ1v) is 8.63. The minimum absolute atomic E-state index is 0.465. The lowest BCUT2D eigenvalue weighted by molar-refractivity contribution is 0.278. The predicted molar refractivity (Wildman–Crippen MR) is 82.1 cm³/mol. The second-order valence-corrected chi connectivity index (χ2v) is 7.71. The van der Waals surface area contributed by atoms with Crippen LogP contribution < -0.4 is 11.3 Å². The Morgan fingerprint density at radius 3 is 2.74 bits per heavy atom. The Labute approximate surface area is 120 Å². The van der Waals surface area contributed by atoms with E-state index in [1.165, 1.54) is 41.9 Å². The number of aryl methyl sites for hydroxylation is 1. The van der Waals surface area contributed by atoms with E-state index in [9.17, 15) is 0 Å². The van der Waals surface area contributed by atoms with Crippen molar-refractivity contribution < 1.29 is 0 Å². The average molecular weight is 278 g/mol. The van der Waals surface area contributed by atoms with Crippen molar-refractivity contribution in [3.63, 3.8) is 0 Å². The summed E-state index contributed by atoms with van der Waals surface area (Å²) < 4.78 is 0. The number of rotatable bonds is 6. The number of nitrogens with two attached hydrogens (primary N) is 1. The number of fused-ring (bicyclic) bond motifs is 2. The molecule has 4 unspecified atom stereocenters. The molecule has 106 valence electrons. The van der Waals surface area contributed by atoms with Gasteiger partial charge >= 0.3 is 0 Å². The van der Waals surface area contributed by atoms with Crippen molar-refractivity contribution in [1.82, 2.24) is 5.43 Å². The molecule has 2 bridgehead atoms. The van der Waals surface area contributed by atoms with Crippen LogP contribution in [-0.2, 0) is 12.8 Å². The van der Waals surface area contributed by atoms with E-state index in [2.05, 4.69) is 24.5 Å². The Hall–Kier alpha value is -0.380. The molecule has 2 aliphatic carbocycles. The number of hydrogen-bond donors (Lipinski definition) is 2. The Bertz CT molecular complexity index is 415. The maximum atomic E-state index is 5.79. The average Bonchev–Trinajstić information content (AvgIpc) is 3.13. The quantitative estimate of drug-likeness (QED) is 0.617. The number of nitrogens with one attached hydrogen (secondary N) is 1. The standard InChI is InChI=1S/C16H26N2S/c1-2-15-5-6-16(19-15)10-14(18-17)9-13-8-11-3-4-12(13)7-11/h5-6,11-14,18H,2-4,7-10,17H2,1H3. The van der Waals surface area contributed by atoms with Gasteiger partial charge in [-0.2, -0.15) is 0 Å². The van der Waals surface area contributed by atoms with Gasteiger partial charge in [-0.3, -0.25) is 11.3 Å². The lowest BCUT2D eigenvalue weighted by Gasteiger charge is -2.26. The molecule has 4 atom stereocenters. The van der Waals surface area contributed by atoms with Crippen LogP contribution in [0.25, 0.3) is 0 Å². The fourth-order valence-corrected chi connectivity index (χ4v) is 5.24. The van der Waals surface area contributed by atoms with Crippen LogP contribution in [0.2, 0.25) is 0 Å². The molecule has 1 heterocycles. The molecule has 2 aliphatic rings.